The molecule has 3 N–H and O–H groups in total. The van der Waals surface area contributed by atoms with Crippen LogP contribution < -0.4 is 19.9 Å². The van der Waals surface area contributed by atoms with Gasteiger partial charge in [0.1, 0.15) is 0 Å². The smallest absolute Gasteiger partial charge is 0.264 e. The molecule has 1 aliphatic heterocycles. The molecule has 1 heterocycles. The van der Waals surface area contributed by atoms with Crippen molar-refractivity contribution in [2.75, 3.05) is 12.5 Å². The highest BCUT2D eigenvalue weighted by atomic mass is 32.2. The van der Waals surface area contributed by atoms with E-state index in [9.17, 15) is 13.2 Å². The quantitative estimate of drug-likeness (QED) is 0.511. The van der Waals surface area contributed by atoms with Crippen molar-refractivity contribution in [2.24, 2.45) is 0 Å². The van der Waals surface area contributed by atoms with Gasteiger partial charge in [0, 0.05) is 5.69 Å². The van der Waals surface area contributed by atoms with Gasteiger partial charge in [-0.15, -0.1) is 0 Å². The maximum Gasteiger partial charge on any atom is 0.264 e. The van der Waals surface area contributed by atoms with Crippen LogP contribution in [0.4, 0.5) is 5.69 Å². The summed E-state index contributed by atoms with van der Waals surface area (Å²) >= 11 is 0. The Bertz CT molecular complexity index is 1250. The van der Waals surface area contributed by atoms with Crippen LogP contribution in [0.3, 0.4) is 0 Å². The Morgan fingerprint density at radius 2 is 1.58 bits per heavy atom. The van der Waals surface area contributed by atoms with E-state index in [1.165, 1.54) is 12.1 Å². The molecule has 0 radical (unpaired) electrons. The number of amides is 1. The predicted octanol–water partition coefficient (Wildman–Crippen LogP) is 3.95. The fourth-order valence-corrected chi connectivity index (χ4v) is 4.69. The van der Waals surface area contributed by atoms with Gasteiger partial charge in [0.25, 0.3) is 10.0 Å². The molecule has 172 valence electrons. The van der Waals surface area contributed by atoms with Crippen molar-refractivity contribution in [2.45, 2.75) is 37.0 Å². The van der Waals surface area contributed by atoms with Crippen LogP contribution in [0.5, 0.6) is 11.5 Å². The summed E-state index contributed by atoms with van der Waals surface area (Å²) in [7, 11) is -4.04. The third kappa shape index (κ3) is 5.12. The first-order chi connectivity index (χ1) is 15.7. The first kappa shape index (κ1) is 22.7. The zero-order chi connectivity index (χ0) is 23.6. The van der Waals surface area contributed by atoms with Crippen molar-refractivity contribution in [1.82, 2.24) is 4.72 Å². The number of benzene rings is 3. The number of nitrogens with two attached hydrogens (primary N) is 1. The molecule has 8 heteroatoms. The number of nitrogen functional groups attached to an aromatic ring is 1. The molecule has 0 saturated heterocycles. The van der Waals surface area contributed by atoms with Crippen molar-refractivity contribution in [1.29, 1.82) is 0 Å². The lowest BCUT2D eigenvalue weighted by molar-refractivity contribution is -0.120. The fourth-order valence-electron chi connectivity index (χ4n) is 3.68. The van der Waals surface area contributed by atoms with Gasteiger partial charge >= 0.3 is 0 Å². The molecule has 0 saturated carbocycles. The summed E-state index contributed by atoms with van der Waals surface area (Å²) in [5.74, 6) is -0.0175. The van der Waals surface area contributed by atoms with Crippen LogP contribution in [-0.2, 0) is 21.2 Å². The number of carbonyl (C=O) groups is 1. The van der Waals surface area contributed by atoms with E-state index in [-0.39, 0.29) is 24.0 Å². The summed E-state index contributed by atoms with van der Waals surface area (Å²) in [6.07, 6.45) is 0.285. The Morgan fingerprint density at radius 3 is 2.24 bits per heavy atom. The van der Waals surface area contributed by atoms with Gasteiger partial charge in [-0.25, -0.2) is 13.1 Å². The highest BCUT2D eigenvalue weighted by Gasteiger charge is 2.28. The zero-order valence-electron chi connectivity index (χ0n) is 18.4. The zero-order valence-corrected chi connectivity index (χ0v) is 19.3. The predicted molar refractivity (Wildman–Crippen MR) is 126 cm³/mol. The largest absolute Gasteiger partial charge is 0.454 e. The van der Waals surface area contributed by atoms with Crippen LogP contribution in [0.25, 0.3) is 0 Å². The van der Waals surface area contributed by atoms with Crippen LogP contribution >= 0.6 is 0 Å². The third-order valence-corrected chi connectivity index (χ3v) is 6.99. The van der Waals surface area contributed by atoms with Gasteiger partial charge in [0.05, 0.1) is 10.8 Å². The summed E-state index contributed by atoms with van der Waals surface area (Å²) in [6.45, 7) is 4.16. The van der Waals surface area contributed by atoms with E-state index in [4.69, 9.17) is 15.2 Å². The molecule has 1 atom stereocenters. The fraction of sp³-hybridized carbons (Fsp3) is 0.240. The van der Waals surface area contributed by atoms with Crippen molar-refractivity contribution in [3.8, 4) is 11.5 Å². The molecule has 1 unspecified atom stereocenters. The molecule has 33 heavy (non-hydrogen) atoms. The summed E-state index contributed by atoms with van der Waals surface area (Å²) in [5.41, 5.74) is 8.87. The second kappa shape index (κ2) is 9.15. The molecule has 7 nitrogen and oxygen atoms in total. The third-order valence-electron chi connectivity index (χ3n) is 5.63. The Hall–Kier alpha value is -3.52. The monoisotopic (exact) mass is 466 g/mol. The van der Waals surface area contributed by atoms with Crippen molar-refractivity contribution >= 4 is 21.6 Å². The van der Waals surface area contributed by atoms with Gasteiger partial charge in [-0.2, -0.15) is 0 Å². The minimum absolute atomic E-state index is 0.0390. The van der Waals surface area contributed by atoms with E-state index in [1.54, 1.807) is 42.5 Å². The standard InChI is InChI=1S/C25H26N2O5S/c1-16(2)18-5-10-21(11-6-18)33(29,30)27-25(28)22(13-17-3-8-20(26)9-4-17)19-7-12-23-24(14-19)32-15-31-23/h3-12,14,16,22H,13,15,26H2,1-2H3,(H,27,28). The first-order valence-electron chi connectivity index (χ1n) is 10.6. The van der Waals surface area contributed by atoms with Crippen LogP contribution in [0.2, 0.25) is 0 Å². The number of nitrogens with one attached hydrogen (secondary N) is 1. The molecule has 3 aromatic rings. The number of hydrogen-bond donors (Lipinski definition) is 2. The molecular formula is C25H26N2O5S. The number of hydrogen-bond acceptors (Lipinski definition) is 6. The molecule has 0 aromatic heterocycles. The van der Waals surface area contributed by atoms with Crippen molar-refractivity contribution in [3.63, 3.8) is 0 Å². The van der Waals surface area contributed by atoms with E-state index in [0.29, 0.717) is 22.7 Å². The van der Waals surface area contributed by atoms with E-state index in [1.807, 2.05) is 26.0 Å². The van der Waals surface area contributed by atoms with E-state index >= 15 is 0 Å². The average Bonchev–Trinajstić information content (AvgIpc) is 3.26. The number of ether oxygens (including phenoxy) is 2. The van der Waals surface area contributed by atoms with E-state index < -0.39 is 21.8 Å². The highest BCUT2D eigenvalue weighted by molar-refractivity contribution is 7.90. The van der Waals surface area contributed by atoms with Crippen LogP contribution in [0.1, 0.15) is 42.4 Å². The normalized spacial score (nSPS) is 13.7. The van der Waals surface area contributed by atoms with Gasteiger partial charge in [-0.1, -0.05) is 44.2 Å². The van der Waals surface area contributed by atoms with Gasteiger partial charge in [0.15, 0.2) is 11.5 Å². The Kier molecular flexibility index (Phi) is 6.29. The lowest BCUT2D eigenvalue weighted by Crippen LogP contribution is -2.35. The second-order valence-corrected chi connectivity index (χ2v) is 9.99. The molecule has 0 spiro atoms. The molecular weight excluding hydrogens is 440 g/mol. The Morgan fingerprint density at radius 1 is 0.939 bits per heavy atom. The molecule has 0 aliphatic carbocycles. The average molecular weight is 467 g/mol. The number of fused-ring (bicyclic) bond motifs is 1. The van der Waals surface area contributed by atoms with Crippen LogP contribution in [0.15, 0.2) is 71.6 Å². The summed E-state index contributed by atoms with van der Waals surface area (Å²) in [5, 5.41) is 0. The topological polar surface area (TPSA) is 108 Å². The number of sulfonamides is 1. The summed E-state index contributed by atoms with van der Waals surface area (Å²) in [4.78, 5) is 13.3. The van der Waals surface area contributed by atoms with E-state index in [2.05, 4.69) is 4.72 Å². The Balaban J connectivity index is 1.62. The van der Waals surface area contributed by atoms with Gasteiger partial charge < -0.3 is 15.2 Å². The van der Waals surface area contributed by atoms with Gasteiger partial charge in [-0.05, 0) is 65.4 Å². The second-order valence-electron chi connectivity index (χ2n) is 8.30. The van der Waals surface area contributed by atoms with Crippen LogP contribution in [-0.4, -0.2) is 21.1 Å². The molecule has 1 aliphatic rings. The Labute approximate surface area is 193 Å². The number of anilines is 1. The number of carbonyl (C=O) groups excluding carboxylic acids is 1. The molecule has 1 amide bonds. The first-order valence-corrected chi connectivity index (χ1v) is 12.1. The molecule has 4 rings (SSSR count). The highest BCUT2D eigenvalue weighted by Crippen LogP contribution is 2.35. The molecule has 0 fully saturated rings. The number of rotatable bonds is 7. The minimum Gasteiger partial charge on any atom is -0.454 e. The lowest BCUT2D eigenvalue weighted by Gasteiger charge is -2.18. The van der Waals surface area contributed by atoms with Crippen molar-refractivity contribution in [3.05, 3.63) is 83.4 Å². The summed E-state index contributed by atoms with van der Waals surface area (Å²) < 4.78 is 39.0. The molecule has 0 bridgehead atoms. The SMILES string of the molecule is CC(C)c1ccc(S(=O)(=O)NC(=O)C(Cc2ccc(N)cc2)c2ccc3c(c2)OCO3)cc1. The molecule has 3 aromatic carbocycles. The minimum atomic E-state index is -4.04. The van der Waals surface area contributed by atoms with Crippen LogP contribution in [0, 0.1) is 0 Å². The van der Waals surface area contributed by atoms with E-state index in [0.717, 1.165) is 11.1 Å². The maximum absolute atomic E-state index is 13.3. The van der Waals surface area contributed by atoms with Gasteiger partial charge in [0.2, 0.25) is 12.7 Å². The maximum atomic E-state index is 13.3. The van der Waals surface area contributed by atoms with Crippen molar-refractivity contribution < 1.29 is 22.7 Å². The van der Waals surface area contributed by atoms with Gasteiger partial charge in [-0.3, -0.25) is 4.79 Å². The lowest BCUT2D eigenvalue weighted by atomic mass is 9.91. The summed E-state index contributed by atoms with van der Waals surface area (Å²) in [6, 6.07) is 18.9.